The van der Waals surface area contributed by atoms with Gasteiger partial charge < -0.3 is 10.2 Å². The van der Waals surface area contributed by atoms with Crippen molar-refractivity contribution in [1.82, 2.24) is 0 Å². The lowest BCUT2D eigenvalue weighted by atomic mass is 9.84. The standard InChI is InChI=1S/C22H30O2/c1-5-10-16-15-17(22(24,7-3)8-4)13-14-19(16)20-11-9-12-21(23)18(20)6-2/h9,11-15,23-24H,5-8,10H2,1-4H3. The number of phenolic OH excluding ortho intramolecular Hbond substituents is 1. The highest BCUT2D eigenvalue weighted by Gasteiger charge is 2.25. The summed E-state index contributed by atoms with van der Waals surface area (Å²) in [5.74, 6) is 0.361. The summed E-state index contributed by atoms with van der Waals surface area (Å²) in [4.78, 5) is 0. The van der Waals surface area contributed by atoms with Crippen molar-refractivity contribution in [2.75, 3.05) is 0 Å². The second kappa shape index (κ2) is 7.85. The van der Waals surface area contributed by atoms with E-state index < -0.39 is 5.60 Å². The van der Waals surface area contributed by atoms with E-state index in [1.54, 1.807) is 6.07 Å². The zero-order chi connectivity index (χ0) is 17.7. The monoisotopic (exact) mass is 326 g/mol. The molecule has 0 spiro atoms. The minimum atomic E-state index is -0.757. The first kappa shape index (κ1) is 18.5. The molecule has 2 N–H and O–H groups in total. The second-order valence-corrected chi connectivity index (χ2v) is 6.52. The van der Waals surface area contributed by atoms with E-state index in [9.17, 15) is 10.2 Å². The SMILES string of the molecule is CCCc1cc(C(O)(CC)CC)ccc1-c1cccc(O)c1CC. The van der Waals surface area contributed by atoms with E-state index in [1.807, 2.05) is 26.0 Å². The average Bonchev–Trinajstić information content (AvgIpc) is 2.61. The fourth-order valence-electron chi connectivity index (χ4n) is 3.48. The predicted molar refractivity (Wildman–Crippen MR) is 101 cm³/mol. The van der Waals surface area contributed by atoms with Crippen molar-refractivity contribution in [3.63, 3.8) is 0 Å². The first-order valence-corrected chi connectivity index (χ1v) is 9.17. The van der Waals surface area contributed by atoms with E-state index >= 15 is 0 Å². The largest absolute Gasteiger partial charge is 0.508 e. The molecule has 0 unspecified atom stereocenters. The van der Waals surface area contributed by atoms with Crippen LogP contribution in [0.1, 0.15) is 63.6 Å². The molecule has 0 radical (unpaired) electrons. The maximum Gasteiger partial charge on any atom is 0.119 e. The fraction of sp³-hybridized carbons (Fsp3) is 0.455. The van der Waals surface area contributed by atoms with Crippen molar-refractivity contribution in [3.05, 3.63) is 53.1 Å². The Kier molecular flexibility index (Phi) is 6.06. The van der Waals surface area contributed by atoms with Crippen molar-refractivity contribution in [2.24, 2.45) is 0 Å². The van der Waals surface area contributed by atoms with Gasteiger partial charge in [0.15, 0.2) is 0 Å². The quantitative estimate of drug-likeness (QED) is 0.697. The molecule has 0 amide bonds. The Morgan fingerprint density at radius 1 is 0.917 bits per heavy atom. The Morgan fingerprint density at radius 3 is 2.21 bits per heavy atom. The zero-order valence-electron chi connectivity index (χ0n) is 15.4. The van der Waals surface area contributed by atoms with Crippen LogP contribution >= 0.6 is 0 Å². The molecule has 130 valence electrons. The van der Waals surface area contributed by atoms with E-state index in [0.29, 0.717) is 18.6 Å². The van der Waals surface area contributed by atoms with Gasteiger partial charge in [0, 0.05) is 5.56 Å². The molecule has 0 aromatic heterocycles. The highest BCUT2D eigenvalue weighted by Crippen LogP contribution is 2.36. The topological polar surface area (TPSA) is 40.5 Å². The lowest BCUT2D eigenvalue weighted by Crippen LogP contribution is -2.23. The Labute approximate surface area is 146 Å². The lowest BCUT2D eigenvalue weighted by molar-refractivity contribution is 0.0283. The lowest BCUT2D eigenvalue weighted by Gasteiger charge is -2.27. The molecule has 0 aliphatic rings. The van der Waals surface area contributed by atoms with Crippen LogP contribution in [0.3, 0.4) is 0 Å². The third kappa shape index (κ3) is 3.49. The van der Waals surface area contributed by atoms with E-state index in [2.05, 4.69) is 32.0 Å². The molecule has 24 heavy (non-hydrogen) atoms. The smallest absolute Gasteiger partial charge is 0.119 e. The fourth-order valence-corrected chi connectivity index (χ4v) is 3.48. The molecular formula is C22H30O2. The number of aromatic hydroxyl groups is 1. The Bertz CT molecular complexity index is 684. The molecule has 0 heterocycles. The molecule has 0 aliphatic carbocycles. The van der Waals surface area contributed by atoms with Crippen molar-refractivity contribution in [3.8, 4) is 16.9 Å². The van der Waals surface area contributed by atoms with Crippen LogP contribution in [0, 0.1) is 0 Å². The Hall–Kier alpha value is -1.80. The van der Waals surface area contributed by atoms with Crippen LogP contribution in [-0.4, -0.2) is 10.2 Å². The van der Waals surface area contributed by atoms with Crippen molar-refractivity contribution < 1.29 is 10.2 Å². The highest BCUT2D eigenvalue weighted by atomic mass is 16.3. The van der Waals surface area contributed by atoms with Gasteiger partial charge in [-0.05, 0) is 54.0 Å². The van der Waals surface area contributed by atoms with Gasteiger partial charge in [0.1, 0.15) is 5.75 Å². The molecule has 0 saturated carbocycles. The zero-order valence-corrected chi connectivity index (χ0v) is 15.4. The third-order valence-corrected chi connectivity index (χ3v) is 5.13. The summed E-state index contributed by atoms with van der Waals surface area (Å²) in [6.07, 6.45) is 4.23. The van der Waals surface area contributed by atoms with Gasteiger partial charge in [-0.2, -0.15) is 0 Å². The number of rotatable bonds is 7. The molecule has 2 aromatic carbocycles. The van der Waals surface area contributed by atoms with Gasteiger partial charge in [0.2, 0.25) is 0 Å². The molecular weight excluding hydrogens is 296 g/mol. The summed E-state index contributed by atoms with van der Waals surface area (Å²) < 4.78 is 0. The minimum absolute atomic E-state index is 0.361. The van der Waals surface area contributed by atoms with Crippen LogP contribution in [-0.2, 0) is 18.4 Å². The van der Waals surface area contributed by atoms with Gasteiger partial charge >= 0.3 is 0 Å². The predicted octanol–water partition coefficient (Wildman–Crippen LogP) is 5.58. The first-order valence-electron chi connectivity index (χ1n) is 9.17. The molecule has 0 atom stereocenters. The maximum atomic E-state index is 10.9. The molecule has 2 heteroatoms. The summed E-state index contributed by atoms with van der Waals surface area (Å²) in [7, 11) is 0. The van der Waals surface area contributed by atoms with Gasteiger partial charge in [0.05, 0.1) is 5.60 Å². The van der Waals surface area contributed by atoms with E-state index in [4.69, 9.17) is 0 Å². The van der Waals surface area contributed by atoms with E-state index in [1.165, 1.54) is 11.1 Å². The number of benzene rings is 2. The normalized spacial score (nSPS) is 11.7. The van der Waals surface area contributed by atoms with Crippen molar-refractivity contribution in [1.29, 1.82) is 0 Å². The highest BCUT2D eigenvalue weighted by molar-refractivity contribution is 5.73. The van der Waals surface area contributed by atoms with Crippen molar-refractivity contribution >= 4 is 0 Å². The van der Waals surface area contributed by atoms with Crippen LogP contribution < -0.4 is 0 Å². The third-order valence-electron chi connectivity index (χ3n) is 5.13. The summed E-state index contributed by atoms with van der Waals surface area (Å²) >= 11 is 0. The van der Waals surface area contributed by atoms with Crippen LogP contribution in [0.2, 0.25) is 0 Å². The molecule has 2 nitrogen and oxygen atoms in total. The number of hydrogen-bond acceptors (Lipinski definition) is 2. The number of hydrogen-bond donors (Lipinski definition) is 2. The maximum absolute atomic E-state index is 10.9. The second-order valence-electron chi connectivity index (χ2n) is 6.52. The molecule has 0 aliphatic heterocycles. The Morgan fingerprint density at radius 2 is 1.62 bits per heavy atom. The first-order chi connectivity index (χ1) is 11.5. The number of aliphatic hydroxyl groups is 1. The Balaban J connectivity index is 2.62. The van der Waals surface area contributed by atoms with E-state index in [-0.39, 0.29) is 0 Å². The summed E-state index contributed by atoms with van der Waals surface area (Å²) in [6, 6.07) is 12.1. The summed E-state index contributed by atoms with van der Waals surface area (Å²) in [6.45, 7) is 8.30. The molecule has 0 bridgehead atoms. The van der Waals surface area contributed by atoms with Gasteiger partial charge in [0.25, 0.3) is 0 Å². The van der Waals surface area contributed by atoms with Gasteiger partial charge in [-0.25, -0.2) is 0 Å². The van der Waals surface area contributed by atoms with Gasteiger partial charge in [-0.3, -0.25) is 0 Å². The minimum Gasteiger partial charge on any atom is -0.508 e. The molecule has 2 rings (SSSR count). The van der Waals surface area contributed by atoms with Crippen LogP contribution in [0.5, 0.6) is 5.75 Å². The van der Waals surface area contributed by atoms with Crippen LogP contribution in [0.25, 0.3) is 11.1 Å². The summed E-state index contributed by atoms with van der Waals surface area (Å²) in [5, 5.41) is 21.1. The summed E-state index contributed by atoms with van der Waals surface area (Å²) in [5.41, 5.74) is 4.75. The molecule has 0 fully saturated rings. The van der Waals surface area contributed by atoms with Gasteiger partial charge in [-0.1, -0.05) is 64.4 Å². The van der Waals surface area contributed by atoms with Crippen LogP contribution in [0.4, 0.5) is 0 Å². The number of aryl methyl sites for hydroxylation is 1. The number of phenols is 1. The van der Waals surface area contributed by atoms with Crippen LogP contribution in [0.15, 0.2) is 36.4 Å². The average molecular weight is 326 g/mol. The van der Waals surface area contributed by atoms with Gasteiger partial charge in [-0.15, -0.1) is 0 Å². The molecule has 0 saturated heterocycles. The van der Waals surface area contributed by atoms with Crippen molar-refractivity contribution in [2.45, 2.75) is 65.4 Å². The van der Waals surface area contributed by atoms with E-state index in [0.717, 1.165) is 36.0 Å². The molecule has 2 aromatic rings.